The molecular formula is C24H24F2N2O5. The molecule has 2 atom stereocenters. The summed E-state index contributed by atoms with van der Waals surface area (Å²) in [7, 11) is 0. The summed E-state index contributed by atoms with van der Waals surface area (Å²) in [6.07, 6.45) is -3.73. The number of nitrogens with one attached hydrogen (secondary N) is 2. The molecule has 2 aromatic carbocycles. The van der Waals surface area contributed by atoms with Crippen molar-refractivity contribution < 1.29 is 33.0 Å². The van der Waals surface area contributed by atoms with Gasteiger partial charge in [0.05, 0.1) is 6.42 Å². The molecule has 3 rings (SSSR count). The van der Waals surface area contributed by atoms with Gasteiger partial charge in [-0.05, 0) is 28.7 Å². The number of fused-ring (bicyclic) bond motifs is 3. The number of alkyl carbamates (subject to hydrolysis) is 1. The quantitative estimate of drug-likeness (QED) is 0.471. The number of rotatable bonds is 10. The second-order valence-electron chi connectivity index (χ2n) is 7.60. The zero-order chi connectivity index (χ0) is 24.0. The summed E-state index contributed by atoms with van der Waals surface area (Å²) in [6.45, 7) is 3.32. The topological polar surface area (TPSA) is 105 Å². The van der Waals surface area contributed by atoms with Crippen LogP contribution in [0.15, 0.2) is 61.2 Å². The number of ether oxygens (including phenoxy) is 1. The number of alkyl halides is 2. The van der Waals surface area contributed by atoms with Gasteiger partial charge in [0.25, 0.3) is 6.43 Å². The Bertz CT molecular complexity index is 998. The average Bonchev–Trinajstić information content (AvgIpc) is 3.10. The van der Waals surface area contributed by atoms with Crippen LogP contribution in [0.3, 0.4) is 0 Å². The first kappa shape index (κ1) is 23.9. The van der Waals surface area contributed by atoms with E-state index in [2.05, 4.69) is 11.9 Å². The fourth-order valence-electron chi connectivity index (χ4n) is 3.84. The highest BCUT2D eigenvalue weighted by molar-refractivity contribution is 5.84. The largest absolute Gasteiger partial charge is 0.480 e. The third-order valence-corrected chi connectivity index (χ3v) is 5.39. The van der Waals surface area contributed by atoms with Crippen LogP contribution in [0.5, 0.6) is 0 Å². The normalized spacial score (nSPS) is 14.0. The number of benzene rings is 2. The molecule has 0 saturated carbocycles. The van der Waals surface area contributed by atoms with Crippen LogP contribution in [0, 0.1) is 0 Å². The van der Waals surface area contributed by atoms with Crippen LogP contribution in [0.2, 0.25) is 0 Å². The van der Waals surface area contributed by atoms with Gasteiger partial charge in [0.15, 0.2) is 0 Å². The van der Waals surface area contributed by atoms with E-state index in [1.54, 1.807) is 0 Å². The molecule has 0 bridgehead atoms. The molecule has 2 aromatic rings. The molecule has 0 saturated heterocycles. The van der Waals surface area contributed by atoms with Gasteiger partial charge < -0.3 is 20.5 Å². The fourth-order valence-corrected chi connectivity index (χ4v) is 3.84. The van der Waals surface area contributed by atoms with Gasteiger partial charge in [0.2, 0.25) is 5.91 Å². The van der Waals surface area contributed by atoms with Crippen LogP contribution < -0.4 is 10.6 Å². The van der Waals surface area contributed by atoms with Gasteiger partial charge in [-0.25, -0.2) is 18.4 Å². The van der Waals surface area contributed by atoms with Crippen molar-refractivity contribution in [1.29, 1.82) is 0 Å². The molecule has 0 fully saturated rings. The first-order valence-electron chi connectivity index (χ1n) is 10.3. The number of hydrogen-bond donors (Lipinski definition) is 3. The summed E-state index contributed by atoms with van der Waals surface area (Å²) in [5, 5.41) is 13.2. The second-order valence-corrected chi connectivity index (χ2v) is 7.60. The SMILES string of the molecule is C=CCC(NC(=O)CC(NC(=O)OCC1c2ccccc2-c2ccccc21)C(F)F)C(=O)O. The summed E-state index contributed by atoms with van der Waals surface area (Å²) in [5.74, 6) is -2.50. The summed E-state index contributed by atoms with van der Waals surface area (Å²) < 4.78 is 32.1. The van der Waals surface area contributed by atoms with Crippen molar-refractivity contribution in [2.75, 3.05) is 6.61 Å². The van der Waals surface area contributed by atoms with Gasteiger partial charge >= 0.3 is 12.1 Å². The van der Waals surface area contributed by atoms with Crippen LogP contribution in [0.25, 0.3) is 11.1 Å². The zero-order valence-corrected chi connectivity index (χ0v) is 17.7. The lowest BCUT2D eigenvalue weighted by molar-refractivity contribution is -0.141. The van der Waals surface area contributed by atoms with Crippen LogP contribution in [0.4, 0.5) is 13.6 Å². The monoisotopic (exact) mass is 458 g/mol. The highest BCUT2D eigenvalue weighted by Gasteiger charge is 2.31. The van der Waals surface area contributed by atoms with Crippen molar-refractivity contribution in [2.45, 2.75) is 37.3 Å². The molecule has 174 valence electrons. The van der Waals surface area contributed by atoms with Crippen molar-refractivity contribution in [3.63, 3.8) is 0 Å². The molecule has 7 nitrogen and oxygen atoms in total. The molecule has 2 amide bonds. The van der Waals surface area contributed by atoms with E-state index < -0.39 is 42.9 Å². The standard InChI is InChI=1S/C24H24F2N2O5/c1-2-7-19(23(30)31)27-21(29)12-20(22(25)26)28-24(32)33-13-18-16-10-5-3-8-14(16)15-9-4-6-11-17(15)18/h2-6,8-11,18-20,22H,1,7,12-13H2,(H,27,29)(H,28,32)(H,30,31). The Balaban J connectivity index is 1.60. The number of aliphatic carboxylic acids is 1. The van der Waals surface area contributed by atoms with Gasteiger partial charge in [-0.1, -0.05) is 54.6 Å². The van der Waals surface area contributed by atoms with Crippen LogP contribution in [-0.4, -0.2) is 48.2 Å². The van der Waals surface area contributed by atoms with Gasteiger partial charge in [-0.3, -0.25) is 4.79 Å². The molecule has 0 heterocycles. The van der Waals surface area contributed by atoms with E-state index in [1.165, 1.54) is 6.08 Å². The Hall–Kier alpha value is -3.75. The Kier molecular flexibility index (Phi) is 7.76. The molecular weight excluding hydrogens is 434 g/mol. The molecule has 0 radical (unpaired) electrons. The Labute approximate surface area is 189 Å². The smallest absolute Gasteiger partial charge is 0.407 e. The molecule has 33 heavy (non-hydrogen) atoms. The summed E-state index contributed by atoms with van der Waals surface area (Å²) in [6, 6.07) is 12.2. The highest BCUT2D eigenvalue weighted by Crippen LogP contribution is 2.44. The van der Waals surface area contributed by atoms with E-state index in [0.29, 0.717) is 0 Å². The van der Waals surface area contributed by atoms with Crippen LogP contribution in [0.1, 0.15) is 29.9 Å². The Morgan fingerprint density at radius 1 is 1.03 bits per heavy atom. The zero-order valence-electron chi connectivity index (χ0n) is 17.7. The lowest BCUT2D eigenvalue weighted by atomic mass is 9.98. The summed E-state index contributed by atoms with van der Waals surface area (Å²) >= 11 is 0. The molecule has 3 N–H and O–H groups in total. The predicted octanol–water partition coefficient (Wildman–Crippen LogP) is 3.69. The van der Waals surface area contributed by atoms with Gasteiger partial charge in [0, 0.05) is 5.92 Å². The number of carboxylic acid groups (broad SMARTS) is 1. The van der Waals surface area contributed by atoms with Gasteiger partial charge in [-0.2, -0.15) is 0 Å². The molecule has 1 aliphatic rings. The molecule has 0 aromatic heterocycles. The lowest BCUT2D eigenvalue weighted by Crippen LogP contribution is -2.47. The van der Waals surface area contributed by atoms with Crippen molar-refractivity contribution in [1.82, 2.24) is 10.6 Å². The first-order chi connectivity index (χ1) is 15.8. The van der Waals surface area contributed by atoms with Crippen LogP contribution in [-0.2, 0) is 14.3 Å². The third-order valence-electron chi connectivity index (χ3n) is 5.39. The molecule has 1 aliphatic carbocycles. The maximum Gasteiger partial charge on any atom is 0.407 e. The highest BCUT2D eigenvalue weighted by atomic mass is 19.3. The van der Waals surface area contributed by atoms with E-state index in [1.807, 2.05) is 53.8 Å². The van der Waals surface area contributed by atoms with Gasteiger partial charge in [-0.15, -0.1) is 6.58 Å². The number of hydrogen-bond acceptors (Lipinski definition) is 4. The molecule has 0 aliphatic heterocycles. The second kappa shape index (κ2) is 10.7. The Morgan fingerprint density at radius 3 is 2.12 bits per heavy atom. The summed E-state index contributed by atoms with van der Waals surface area (Å²) in [5.41, 5.74) is 3.99. The predicted molar refractivity (Wildman–Crippen MR) is 117 cm³/mol. The molecule has 9 heteroatoms. The minimum atomic E-state index is -3.06. The number of carbonyl (C=O) groups is 3. The maximum absolute atomic E-state index is 13.4. The first-order valence-corrected chi connectivity index (χ1v) is 10.3. The van der Waals surface area contributed by atoms with Crippen molar-refractivity contribution in [3.8, 4) is 11.1 Å². The maximum atomic E-state index is 13.4. The minimum Gasteiger partial charge on any atom is -0.480 e. The van der Waals surface area contributed by atoms with E-state index >= 15 is 0 Å². The molecule has 2 unspecified atom stereocenters. The fraction of sp³-hybridized carbons (Fsp3) is 0.292. The number of halogens is 2. The van der Waals surface area contributed by atoms with Crippen LogP contribution >= 0.6 is 0 Å². The van der Waals surface area contributed by atoms with Crippen molar-refractivity contribution >= 4 is 18.0 Å². The number of amides is 2. The summed E-state index contributed by atoms with van der Waals surface area (Å²) in [4.78, 5) is 35.4. The lowest BCUT2D eigenvalue weighted by Gasteiger charge is -2.20. The number of carbonyl (C=O) groups excluding carboxylic acids is 2. The van der Waals surface area contributed by atoms with E-state index in [9.17, 15) is 23.2 Å². The van der Waals surface area contributed by atoms with Gasteiger partial charge in [0.1, 0.15) is 18.7 Å². The van der Waals surface area contributed by atoms with Crippen molar-refractivity contribution in [3.05, 3.63) is 72.3 Å². The minimum absolute atomic E-state index is 0.0670. The number of carboxylic acids is 1. The van der Waals surface area contributed by atoms with E-state index in [4.69, 9.17) is 9.84 Å². The molecule has 0 spiro atoms. The van der Waals surface area contributed by atoms with E-state index in [0.717, 1.165) is 22.3 Å². The average molecular weight is 458 g/mol. The Morgan fingerprint density at radius 2 is 1.61 bits per heavy atom. The van der Waals surface area contributed by atoms with E-state index in [-0.39, 0.29) is 18.9 Å². The van der Waals surface area contributed by atoms with Crippen molar-refractivity contribution in [2.24, 2.45) is 0 Å². The third kappa shape index (κ3) is 5.74.